The number of methoxy groups -OCH3 is 1. The van der Waals surface area contributed by atoms with Gasteiger partial charge >= 0.3 is 5.97 Å². The Labute approximate surface area is 123 Å². The average Bonchev–Trinajstić information content (AvgIpc) is 2.92. The molecule has 0 saturated carbocycles. The van der Waals surface area contributed by atoms with Crippen molar-refractivity contribution in [3.63, 3.8) is 0 Å². The number of nitrogens with one attached hydrogen (secondary N) is 1. The number of rotatable bonds is 7. The molecule has 0 bridgehead atoms. The van der Waals surface area contributed by atoms with E-state index >= 15 is 0 Å². The lowest BCUT2D eigenvalue weighted by Crippen LogP contribution is -2.30. The fourth-order valence-electron chi connectivity index (χ4n) is 2.52. The molecule has 1 aromatic heterocycles. The molecule has 112 valence electrons. The Balaban J connectivity index is 2.16. The van der Waals surface area contributed by atoms with Crippen molar-refractivity contribution >= 4 is 11.8 Å². The molecule has 6 heteroatoms. The number of carboxylic acids is 1. The smallest absolute Gasteiger partial charge is 0.326 e. The SMILES string of the molecule is COCCCC(Nc1nc2c(cc1C#N)CCC2)C(=O)O. The molecule has 0 radical (unpaired) electrons. The van der Waals surface area contributed by atoms with Gasteiger partial charge < -0.3 is 15.2 Å². The number of ether oxygens (including phenoxy) is 1. The molecule has 0 saturated heterocycles. The van der Waals surface area contributed by atoms with Gasteiger partial charge in [-0.2, -0.15) is 5.26 Å². The van der Waals surface area contributed by atoms with E-state index in [1.54, 1.807) is 7.11 Å². The highest BCUT2D eigenvalue weighted by molar-refractivity contribution is 5.77. The molecular weight excluding hydrogens is 270 g/mol. The standard InChI is InChI=1S/C15H19N3O3/c1-21-7-3-6-13(15(19)20)18-14-11(9-16)8-10-4-2-5-12(10)17-14/h8,13H,2-7H2,1H3,(H,17,18)(H,19,20). The number of nitrogens with zero attached hydrogens (tertiary/aromatic N) is 2. The zero-order valence-electron chi connectivity index (χ0n) is 12.1. The van der Waals surface area contributed by atoms with Crippen LogP contribution in [0.2, 0.25) is 0 Å². The maximum Gasteiger partial charge on any atom is 0.326 e. The van der Waals surface area contributed by atoms with Crippen molar-refractivity contribution in [2.75, 3.05) is 19.0 Å². The predicted octanol–water partition coefficient (Wildman–Crippen LogP) is 1.73. The Morgan fingerprint density at radius 3 is 3.10 bits per heavy atom. The van der Waals surface area contributed by atoms with Crippen LogP contribution in [0.4, 0.5) is 5.82 Å². The number of pyridine rings is 1. The summed E-state index contributed by atoms with van der Waals surface area (Å²) in [6.07, 6.45) is 3.91. The fourth-order valence-corrected chi connectivity index (χ4v) is 2.52. The largest absolute Gasteiger partial charge is 0.480 e. The van der Waals surface area contributed by atoms with Gasteiger partial charge in [-0.3, -0.25) is 0 Å². The van der Waals surface area contributed by atoms with Gasteiger partial charge in [0.05, 0.1) is 5.56 Å². The Morgan fingerprint density at radius 1 is 1.62 bits per heavy atom. The molecule has 1 atom stereocenters. The summed E-state index contributed by atoms with van der Waals surface area (Å²) >= 11 is 0. The second-order valence-electron chi connectivity index (χ2n) is 5.13. The van der Waals surface area contributed by atoms with Gasteiger partial charge in [0.1, 0.15) is 17.9 Å². The highest BCUT2D eigenvalue weighted by Crippen LogP contribution is 2.25. The molecule has 0 amide bonds. The van der Waals surface area contributed by atoms with Crippen molar-refractivity contribution in [2.24, 2.45) is 0 Å². The van der Waals surface area contributed by atoms with E-state index in [1.165, 1.54) is 0 Å². The van der Waals surface area contributed by atoms with Gasteiger partial charge in [0.2, 0.25) is 0 Å². The summed E-state index contributed by atoms with van der Waals surface area (Å²) in [6, 6.07) is 3.15. The molecule has 0 spiro atoms. The van der Waals surface area contributed by atoms with E-state index < -0.39 is 12.0 Å². The molecule has 2 rings (SSSR count). The van der Waals surface area contributed by atoms with E-state index in [4.69, 9.17) is 4.74 Å². The number of aliphatic carboxylic acids is 1. The first-order chi connectivity index (χ1) is 10.2. The summed E-state index contributed by atoms with van der Waals surface area (Å²) in [5.41, 5.74) is 2.48. The van der Waals surface area contributed by atoms with E-state index in [0.717, 1.165) is 30.5 Å². The number of fused-ring (bicyclic) bond motifs is 1. The van der Waals surface area contributed by atoms with Crippen molar-refractivity contribution in [3.8, 4) is 6.07 Å². The fraction of sp³-hybridized carbons (Fsp3) is 0.533. The zero-order chi connectivity index (χ0) is 15.2. The van der Waals surface area contributed by atoms with Crippen LogP contribution < -0.4 is 5.32 Å². The molecule has 2 N–H and O–H groups in total. The minimum Gasteiger partial charge on any atom is -0.480 e. The van der Waals surface area contributed by atoms with Crippen LogP contribution in [0.1, 0.15) is 36.1 Å². The third-order valence-corrected chi connectivity index (χ3v) is 3.62. The van der Waals surface area contributed by atoms with Crippen LogP contribution in [0, 0.1) is 11.3 Å². The average molecular weight is 289 g/mol. The summed E-state index contributed by atoms with van der Waals surface area (Å²) in [4.78, 5) is 15.8. The highest BCUT2D eigenvalue weighted by atomic mass is 16.5. The lowest BCUT2D eigenvalue weighted by molar-refractivity contribution is -0.138. The number of hydrogen-bond donors (Lipinski definition) is 2. The number of aryl methyl sites for hydroxylation is 2. The van der Waals surface area contributed by atoms with E-state index in [-0.39, 0.29) is 0 Å². The summed E-state index contributed by atoms with van der Waals surface area (Å²) < 4.78 is 4.94. The van der Waals surface area contributed by atoms with Gasteiger partial charge in [-0.1, -0.05) is 0 Å². The molecule has 0 aromatic carbocycles. The van der Waals surface area contributed by atoms with E-state index in [0.29, 0.717) is 30.8 Å². The topological polar surface area (TPSA) is 95.2 Å². The monoisotopic (exact) mass is 289 g/mol. The predicted molar refractivity (Wildman–Crippen MR) is 77.1 cm³/mol. The molecule has 0 fully saturated rings. The number of carbonyl (C=O) groups is 1. The Morgan fingerprint density at radius 2 is 2.43 bits per heavy atom. The Kier molecular flexibility index (Phi) is 5.12. The third kappa shape index (κ3) is 3.70. The number of hydrogen-bond acceptors (Lipinski definition) is 5. The van der Waals surface area contributed by atoms with Gasteiger partial charge in [-0.25, -0.2) is 9.78 Å². The Hall–Kier alpha value is -2.13. The van der Waals surface area contributed by atoms with E-state index in [2.05, 4.69) is 16.4 Å². The lowest BCUT2D eigenvalue weighted by atomic mass is 10.1. The second kappa shape index (κ2) is 7.04. The zero-order valence-corrected chi connectivity index (χ0v) is 12.1. The molecular formula is C15H19N3O3. The van der Waals surface area contributed by atoms with Crippen molar-refractivity contribution in [1.82, 2.24) is 4.98 Å². The van der Waals surface area contributed by atoms with Gasteiger partial charge in [0.25, 0.3) is 0 Å². The maximum atomic E-state index is 11.3. The molecule has 6 nitrogen and oxygen atoms in total. The summed E-state index contributed by atoms with van der Waals surface area (Å²) in [7, 11) is 1.58. The number of aromatic nitrogens is 1. The van der Waals surface area contributed by atoms with Crippen LogP contribution in [-0.2, 0) is 22.4 Å². The number of carboxylic acid groups (broad SMARTS) is 1. The van der Waals surface area contributed by atoms with Crippen LogP contribution >= 0.6 is 0 Å². The van der Waals surface area contributed by atoms with Gasteiger partial charge in [-0.05, 0) is 43.7 Å². The van der Waals surface area contributed by atoms with E-state index in [9.17, 15) is 15.2 Å². The number of nitriles is 1. The minimum atomic E-state index is -0.947. The van der Waals surface area contributed by atoms with Gasteiger partial charge in [-0.15, -0.1) is 0 Å². The normalized spacial score (nSPS) is 14.3. The lowest BCUT2D eigenvalue weighted by Gasteiger charge is -2.16. The van der Waals surface area contributed by atoms with Crippen LogP contribution in [0.5, 0.6) is 0 Å². The van der Waals surface area contributed by atoms with Gasteiger partial charge in [0.15, 0.2) is 0 Å². The first kappa shape index (κ1) is 15.3. The van der Waals surface area contributed by atoms with Crippen molar-refractivity contribution < 1.29 is 14.6 Å². The van der Waals surface area contributed by atoms with Crippen LogP contribution in [0.25, 0.3) is 0 Å². The molecule has 1 unspecified atom stereocenters. The second-order valence-corrected chi connectivity index (χ2v) is 5.13. The molecule has 1 aliphatic carbocycles. The number of anilines is 1. The van der Waals surface area contributed by atoms with Crippen LogP contribution in [0.15, 0.2) is 6.07 Å². The van der Waals surface area contributed by atoms with E-state index in [1.807, 2.05) is 6.07 Å². The summed E-state index contributed by atoms with van der Waals surface area (Å²) in [5, 5.41) is 21.4. The molecule has 1 aliphatic rings. The summed E-state index contributed by atoms with van der Waals surface area (Å²) in [6.45, 7) is 0.508. The summed E-state index contributed by atoms with van der Waals surface area (Å²) in [5.74, 6) is -0.569. The third-order valence-electron chi connectivity index (χ3n) is 3.62. The first-order valence-electron chi connectivity index (χ1n) is 7.07. The highest BCUT2D eigenvalue weighted by Gasteiger charge is 2.21. The quantitative estimate of drug-likeness (QED) is 0.742. The first-order valence-corrected chi connectivity index (χ1v) is 7.07. The molecule has 0 aliphatic heterocycles. The van der Waals surface area contributed by atoms with Crippen molar-refractivity contribution in [3.05, 3.63) is 22.9 Å². The van der Waals surface area contributed by atoms with Crippen molar-refractivity contribution in [1.29, 1.82) is 5.26 Å². The molecule has 1 aromatic rings. The van der Waals surface area contributed by atoms with Crippen LogP contribution in [-0.4, -0.2) is 35.8 Å². The maximum absolute atomic E-state index is 11.3. The van der Waals surface area contributed by atoms with Crippen molar-refractivity contribution in [2.45, 2.75) is 38.1 Å². The molecule has 1 heterocycles. The molecule has 21 heavy (non-hydrogen) atoms. The van der Waals surface area contributed by atoms with Gasteiger partial charge in [0, 0.05) is 19.4 Å². The van der Waals surface area contributed by atoms with Crippen LogP contribution in [0.3, 0.4) is 0 Å². The minimum absolute atomic E-state index is 0.378. The Bertz CT molecular complexity index is 566.